The number of halogens is 1. The maximum absolute atomic E-state index is 12.1. The highest BCUT2D eigenvalue weighted by molar-refractivity contribution is 9.11. The Balaban J connectivity index is 2.62. The lowest BCUT2D eigenvalue weighted by molar-refractivity contribution is -0.135. The first-order valence-corrected chi connectivity index (χ1v) is 7.42. The van der Waals surface area contributed by atoms with Crippen molar-refractivity contribution < 1.29 is 4.79 Å². The summed E-state index contributed by atoms with van der Waals surface area (Å²) in [4.78, 5) is 15.2. The van der Waals surface area contributed by atoms with Gasteiger partial charge in [-0.15, -0.1) is 11.3 Å². The third-order valence-electron chi connectivity index (χ3n) is 2.69. The minimum absolute atomic E-state index is 0.0170. The molecule has 0 saturated heterocycles. The number of rotatable bonds is 6. The summed E-state index contributed by atoms with van der Waals surface area (Å²) in [5.41, 5.74) is 5.49. The number of carbonyl (C=O) groups is 1. The average molecular weight is 319 g/mol. The summed E-state index contributed by atoms with van der Waals surface area (Å²) in [5, 5.41) is 0. The second-order valence-corrected chi connectivity index (χ2v) is 6.58. The van der Waals surface area contributed by atoms with E-state index in [4.69, 9.17) is 5.73 Å². The number of nitrogens with two attached hydrogens (primary N) is 1. The van der Waals surface area contributed by atoms with E-state index in [0.29, 0.717) is 13.1 Å². The largest absolute Gasteiger partial charge is 0.338 e. The molecule has 0 spiro atoms. The Bertz CT molecular complexity index is 367. The van der Waals surface area contributed by atoms with Crippen LogP contribution in [0.4, 0.5) is 0 Å². The van der Waals surface area contributed by atoms with E-state index >= 15 is 0 Å². The normalized spacial score (nSPS) is 12.5. The Morgan fingerprint density at radius 2 is 2.29 bits per heavy atom. The summed E-state index contributed by atoms with van der Waals surface area (Å²) in [5.74, 6) is 0.214. The standard InChI is InChI=1S/C12H19BrN2OS/c1-3-15(12(16)9(2)6-7-14)8-10-4-5-11(13)17-10/h4-5,9H,3,6-8,14H2,1-2H3. The van der Waals surface area contributed by atoms with E-state index < -0.39 is 0 Å². The van der Waals surface area contributed by atoms with Crippen LogP contribution in [0, 0.1) is 5.92 Å². The smallest absolute Gasteiger partial charge is 0.225 e. The van der Waals surface area contributed by atoms with Crippen molar-refractivity contribution in [2.75, 3.05) is 13.1 Å². The number of amides is 1. The van der Waals surface area contributed by atoms with Crippen LogP contribution >= 0.6 is 27.3 Å². The minimum atomic E-state index is 0.0170. The van der Waals surface area contributed by atoms with Gasteiger partial charge in [0.2, 0.25) is 5.91 Å². The summed E-state index contributed by atoms with van der Waals surface area (Å²) in [7, 11) is 0. The summed E-state index contributed by atoms with van der Waals surface area (Å²) >= 11 is 5.11. The van der Waals surface area contributed by atoms with Crippen molar-refractivity contribution >= 4 is 33.2 Å². The molecule has 1 aromatic heterocycles. The highest BCUT2D eigenvalue weighted by Crippen LogP contribution is 2.23. The van der Waals surface area contributed by atoms with E-state index in [1.165, 1.54) is 4.88 Å². The van der Waals surface area contributed by atoms with Crippen LogP contribution in [0.15, 0.2) is 15.9 Å². The average Bonchev–Trinajstić information content (AvgIpc) is 2.71. The number of hydrogen-bond donors (Lipinski definition) is 1. The molecule has 0 saturated carbocycles. The third kappa shape index (κ3) is 4.41. The van der Waals surface area contributed by atoms with Crippen LogP contribution in [0.25, 0.3) is 0 Å². The molecule has 2 N–H and O–H groups in total. The van der Waals surface area contributed by atoms with E-state index in [0.717, 1.165) is 16.8 Å². The molecule has 1 heterocycles. The lowest BCUT2D eigenvalue weighted by Crippen LogP contribution is -2.35. The Kier molecular flexibility index (Phi) is 6.16. The molecule has 1 amide bonds. The Morgan fingerprint density at radius 1 is 1.59 bits per heavy atom. The maximum atomic E-state index is 12.1. The summed E-state index contributed by atoms with van der Waals surface area (Å²) in [6, 6.07) is 4.07. The van der Waals surface area contributed by atoms with Crippen LogP contribution in [-0.4, -0.2) is 23.9 Å². The molecule has 0 fully saturated rings. The molecular weight excluding hydrogens is 300 g/mol. The number of hydrogen-bond acceptors (Lipinski definition) is 3. The predicted octanol–water partition coefficient (Wildman–Crippen LogP) is 2.84. The molecule has 1 rings (SSSR count). The van der Waals surface area contributed by atoms with Crippen molar-refractivity contribution in [2.24, 2.45) is 11.7 Å². The summed E-state index contributed by atoms with van der Waals surface area (Å²) in [6.45, 7) is 5.96. The molecule has 0 aliphatic rings. The number of nitrogens with zero attached hydrogens (tertiary/aromatic N) is 1. The quantitative estimate of drug-likeness (QED) is 0.876. The van der Waals surface area contributed by atoms with Gasteiger partial charge in [-0.1, -0.05) is 6.92 Å². The first-order valence-electron chi connectivity index (χ1n) is 5.81. The molecule has 1 atom stereocenters. The van der Waals surface area contributed by atoms with Gasteiger partial charge in [-0.05, 0) is 48.0 Å². The molecule has 0 aromatic carbocycles. The molecule has 1 unspecified atom stereocenters. The Hall–Kier alpha value is -0.390. The molecule has 0 bridgehead atoms. The van der Waals surface area contributed by atoms with Crippen molar-refractivity contribution in [3.8, 4) is 0 Å². The molecular formula is C12H19BrN2OS. The predicted molar refractivity (Wildman–Crippen MR) is 75.9 cm³/mol. The Morgan fingerprint density at radius 3 is 2.76 bits per heavy atom. The van der Waals surface area contributed by atoms with Gasteiger partial charge in [0.15, 0.2) is 0 Å². The third-order valence-corrected chi connectivity index (χ3v) is 4.30. The molecule has 1 aromatic rings. The summed E-state index contributed by atoms with van der Waals surface area (Å²) < 4.78 is 1.10. The van der Waals surface area contributed by atoms with Crippen LogP contribution in [0.2, 0.25) is 0 Å². The fourth-order valence-electron chi connectivity index (χ4n) is 1.66. The summed E-state index contributed by atoms with van der Waals surface area (Å²) in [6.07, 6.45) is 0.753. The highest BCUT2D eigenvalue weighted by Gasteiger charge is 2.19. The molecule has 0 aliphatic carbocycles. The lowest BCUT2D eigenvalue weighted by Gasteiger charge is -2.23. The van der Waals surface area contributed by atoms with Crippen LogP contribution in [0.5, 0.6) is 0 Å². The molecule has 5 heteroatoms. The SMILES string of the molecule is CCN(Cc1ccc(Br)s1)C(=O)C(C)CCN. The van der Waals surface area contributed by atoms with Crippen molar-refractivity contribution in [1.82, 2.24) is 4.90 Å². The second kappa shape index (κ2) is 7.13. The van der Waals surface area contributed by atoms with Gasteiger partial charge in [0.05, 0.1) is 10.3 Å². The lowest BCUT2D eigenvalue weighted by atomic mass is 10.1. The molecule has 0 radical (unpaired) electrons. The van der Waals surface area contributed by atoms with Gasteiger partial charge in [-0.25, -0.2) is 0 Å². The van der Waals surface area contributed by atoms with Crippen LogP contribution in [0.3, 0.4) is 0 Å². The maximum Gasteiger partial charge on any atom is 0.225 e. The van der Waals surface area contributed by atoms with Crippen molar-refractivity contribution in [2.45, 2.75) is 26.8 Å². The zero-order valence-corrected chi connectivity index (χ0v) is 12.7. The van der Waals surface area contributed by atoms with Crippen LogP contribution in [0.1, 0.15) is 25.1 Å². The minimum Gasteiger partial charge on any atom is -0.338 e. The van der Waals surface area contributed by atoms with E-state index in [9.17, 15) is 4.79 Å². The zero-order chi connectivity index (χ0) is 12.8. The van der Waals surface area contributed by atoms with Gasteiger partial charge in [0.1, 0.15) is 0 Å². The fraction of sp³-hybridized carbons (Fsp3) is 0.583. The van der Waals surface area contributed by atoms with E-state index in [2.05, 4.69) is 22.0 Å². The van der Waals surface area contributed by atoms with E-state index in [1.54, 1.807) is 11.3 Å². The van der Waals surface area contributed by atoms with Gasteiger partial charge >= 0.3 is 0 Å². The Labute approximate surface area is 115 Å². The van der Waals surface area contributed by atoms with Crippen LogP contribution in [-0.2, 0) is 11.3 Å². The van der Waals surface area contributed by atoms with Gasteiger partial charge in [0.25, 0.3) is 0 Å². The van der Waals surface area contributed by atoms with Crippen molar-refractivity contribution in [3.05, 3.63) is 20.8 Å². The molecule has 3 nitrogen and oxygen atoms in total. The van der Waals surface area contributed by atoms with Gasteiger partial charge in [-0.3, -0.25) is 4.79 Å². The zero-order valence-electron chi connectivity index (χ0n) is 10.3. The van der Waals surface area contributed by atoms with Crippen molar-refractivity contribution in [1.29, 1.82) is 0 Å². The van der Waals surface area contributed by atoms with Gasteiger partial charge in [-0.2, -0.15) is 0 Å². The van der Waals surface area contributed by atoms with Gasteiger partial charge < -0.3 is 10.6 Å². The highest BCUT2D eigenvalue weighted by atomic mass is 79.9. The molecule has 17 heavy (non-hydrogen) atoms. The van der Waals surface area contributed by atoms with E-state index in [1.807, 2.05) is 24.8 Å². The van der Waals surface area contributed by atoms with Gasteiger partial charge in [0, 0.05) is 17.3 Å². The number of thiophene rings is 1. The fourth-order valence-corrected chi connectivity index (χ4v) is 3.15. The monoisotopic (exact) mass is 318 g/mol. The topological polar surface area (TPSA) is 46.3 Å². The van der Waals surface area contributed by atoms with Crippen molar-refractivity contribution in [3.63, 3.8) is 0 Å². The first kappa shape index (κ1) is 14.7. The first-order chi connectivity index (χ1) is 8.08. The second-order valence-electron chi connectivity index (χ2n) is 4.04. The van der Waals surface area contributed by atoms with E-state index in [-0.39, 0.29) is 11.8 Å². The molecule has 96 valence electrons. The van der Waals surface area contributed by atoms with Crippen LogP contribution < -0.4 is 5.73 Å². The molecule has 0 aliphatic heterocycles. The number of carbonyl (C=O) groups excluding carboxylic acids is 1.